The van der Waals surface area contributed by atoms with Crippen LogP contribution in [0.2, 0.25) is 0 Å². The zero-order valence-corrected chi connectivity index (χ0v) is 14.2. The maximum Gasteiger partial charge on any atom is 0.142 e. The fraction of sp³-hybridized carbons (Fsp3) is 0.368. The molecule has 25 heavy (non-hydrogen) atoms. The second-order valence-corrected chi connectivity index (χ2v) is 6.51. The van der Waals surface area contributed by atoms with E-state index in [2.05, 4.69) is 49.0 Å². The van der Waals surface area contributed by atoms with Crippen LogP contribution in [0.5, 0.6) is 0 Å². The molecule has 2 aromatic heterocycles. The number of nitrogens with one attached hydrogen (secondary N) is 1. The Bertz CT molecular complexity index is 819. The van der Waals surface area contributed by atoms with Crippen molar-refractivity contribution in [3.05, 3.63) is 54.5 Å². The van der Waals surface area contributed by atoms with Crippen molar-refractivity contribution in [3.63, 3.8) is 0 Å². The lowest BCUT2D eigenvalue weighted by atomic mass is 10.1. The highest BCUT2D eigenvalue weighted by molar-refractivity contribution is 5.87. The number of aliphatic hydroxyl groups is 1. The molecule has 1 aliphatic rings. The molecule has 1 saturated heterocycles. The van der Waals surface area contributed by atoms with Crippen molar-refractivity contribution in [1.82, 2.24) is 19.9 Å². The van der Waals surface area contributed by atoms with Gasteiger partial charge in [0.1, 0.15) is 17.8 Å². The van der Waals surface area contributed by atoms with Gasteiger partial charge in [0.05, 0.1) is 5.39 Å². The Kier molecular flexibility index (Phi) is 4.63. The van der Waals surface area contributed by atoms with Crippen LogP contribution in [0.25, 0.3) is 11.0 Å². The van der Waals surface area contributed by atoms with Crippen molar-refractivity contribution >= 4 is 16.9 Å². The second-order valence-electron chi connectivity index (χ2n) is 6.51. The zero-order valence-electron chi connectivity index (χ0n) is 14.2. The second kappa shape index (κ2) is 7.21. The standard InChI is InChI=1S/C19H23N5O/c25-11-7-16-13-24(19-17-6-8-20-18(17)21-14-22-19)10-9-23(16)12-15-4-2-1-3-5-15/h1-6,8,14,16,25H,7,9-13H2,(H,20,21,22)/t16-/m1/s1. The number of benzene rings is 1. The fourth-order valence-electron chi connectivity index (χ4n) is 3.64. The van der Waals surface area contributed by atoms with Gasteiger partial charge in [0.15, 0.2) is 0 Å². The molecule has 1 fully saturated rings. The van der Waals surface area contributed by atoms with Crippen LogP contribution in [0, 0.1) is 0 Å². The van der Waals surface area contributed by atoms with E-state index in [4.69, 9.17) is 0 Å². The predicted molar refractivity (Wildman–Crippen MR) is 98.4 cm³/mol. The lowest BCUT2D eigenvalue weighted by Gasteiger charge is -2.42. The van der Waals surface area contributed by atoms with Gasteiger partial charge in [-0.3, -0.25) is 4.90 Å². The van der Waals surface area contributed by atoms with E-state index in [0.29, 0.717) is 6.04 Å². The normalized spacial score (nSPS) is 18.8. The first kappa shape index (κ1) is 16.1. The summed E-state index contributed by atoms with van der Waals surface area (Å²) in [6.45, 7) is 3.86. The van der Waals surface area contributed by atoms with Crippen molar-refractivity contribution in [2.45, 2.75) is 19.0 Å². The highest BCUT2D eigenvalue weighted by atomic mass is 16.3. The quantitative estimate of drug-likeness (QED) is 0.746. The maximum atomic E-state index is 9.52. The molecule has 1 atom stereocenters. The number of anilines is 1. The summed E-state index contributed by atoms with van der Waals surface area (Å²) >= 11 is 0. The molecule has 0 bridgehead atoms. The molecule has 6 nitrogen and oxygen atoms in total. The van der Waals surface area contributed by atoms with Gasteiger partial charge in [-0.25, -0.2) is 9.97 Å². The smallest absolute Gasteiger partial charge is 0.142 e. The van der Waals surface area contributed by atoms with Gasteiger partial charge in [-0.15, -0.1) is 0 Å². The summed E-state index contributed by atoms with van der Waals surface area (Å²) in [7, 11) is 0. The molecule has 0 radical (unpaired) electrons. The summed E-state index contributed by atoms with van der Waals surface area (Å²) in [5.74, 6) is 0.980. The van der Waals surface area contributed by atoms with Crippen LogP contribution in [0.3, 0.4) is 0 Å². The number of aromatic amines is 1. The first-order valence-electron chi connectivity index (χ1n) is 8.77. The molecular formula is C19H23N5O. The molecule has 4 rings (SSSR count). The van der Waals surface area contributed by atoms with Crippen molar-refractivity contribution < 1.29 is 5.11 Å². The predicted octanol–water partition coefficient (Wildman–Crippen LogP) is 2.03. The van der Waals surface area contributed by atoms with Gasteiger partial charge in [0.2, 0.25) is 0 Å². The van der Waals surface area contributed by atoms with Crippen molar-refractivity contribution in [3.8, 4) is 0 Å². The highest BCUT2D eigenvalue weighted by Crippen LogP contribution is 2.26. The van der Waals surface area contributed by atoms with Crippen LogP contribution < -0.4 is 4.90 Å². The minimum absolute atomic E-state index is 0.202. The molecule has 0 amide bonds. The Morgan fingerprint density at radius 1 is 1.12 bits per heavy atom. The minimum Gasteiger partial charge on any atom is -0.396 e. The van der Waals surface area contributed by atoms with E-state index in [1.54, 1.807) is 6.33 Å². The van der Waals surface area contributed by atoms with Crippen LogP contribution in [-0.4, -0.2) is 57.2 Å². The zero-order chi connectivity index (χ0) is 17.1. The number of hydrogen-bond donors (Lipinski definition) is 2. The first-order chi connectivity index (χ1) is 12.3. The molecule has 1 aromatic carbocycles. The largest absolute Gasteiger partial charge is 0.396 e. The lowest BCUT2D eigenvalue weighted by Crippen LogP contribution is -2.53. The van der Waals surface area contributed by atoms with Crippen LogP contribution in [-0.2, 0) is 6.54 Å². The summed E-state index contributed by atoms with van der Waals surface area (Å²) in [5, 5.41) is 10.6. The summed E-state index contributed by atoms with van der Waals surface area (Å²) < 4.78 is 0. The van der Waals surface area contributed by atoms with E-state index in [0.717, 1.165) is 49.5 Å². The van der Waals surface area contributed by atoms with Gasteiger partial charge in [-0.1, -0.05) is 30.3 Å². The van der Waals surface area contributed by atoms with Gasteiger partial charge >= 0.3 is 0 Å². The van der Waals surface area contributed by atoms with Gasteiger partial charge in [0, 0.05) is 45.0 Å². The molecule has 3 heterocycles. The third-order valence-corrected chi connectivity index (χ3v) is 4.93. The van der Waals surface area contributed by atoms with E-state index in [1.807, 2.05) is 18.3 Å². The monoisotopic (exact) mass is 337 g/mol. The summed E-state index contributed by atoms with van der Waals surface area (Å²) in [6.07, 6.45) is 4.29. The summed E-state index contributed by atoms with van der Waals surface area (Å²) in [6, 6.07) is 12.9. The van der Waals surface area contributed by atoms with E-state index >= 15 is 0 Å². The average molecular weight is 337 g/mol. The number of fused-ring (bicyclic) bond motifs is 1. The maximum absolute atomic E-state index is 9.52. The first-order valence-corrected chi connectivity index (χ1v) is 8.77. The number of piperazine rings is 1. The van der Waals surface area contributed by atoms with E-state index in [-0.39, 0.29) is 6.61 Å². The fourth-order valence-corrected chi connectivity index (χ4v) is 3.64. The van der Waals surface area contributed by atoms with E-state index < -0.39 is 0 Å². The van der Waals surface area contributed by atoms with Crippen LogP contribution in [0.4, 0.5) is 5.82 Å². The van der Waals surface area contributed by atoms with Crippen molar-refractivity contribution in [1.29, 1.82) is 0 Å². The Morgan fingerprint density at radius 2 is 2.00 bits per heavy atom. The molecule has 0 saturated carbocycles. The average Bonchev–Trinajstić information content (AvgIpc) is 3.13. The molecule has 0 spiro atoms. The minimum atomic E-state index is 0.202. The molecule has 0 unspecified atom stereocenters. The summed E-state index contributed by atoms with van der Waals surface area (Å²) in [5.41, 5.74) is 2.18. The van der Waals surface area contributed by atoms with Gasteiger partial charge in [-0.05, 0) is 18.1 Å². The lowest BCUT2D eigenvalue weighted by molar-refractivity contribution is 0.135. The Balaban J connectivity index is 1.54. The Labute approximate surface area is 147 Å². The number of rotatable bonds is 5. The van der Waals surface area contributed by atoms with Crippen LogP contribution in [0.1, 0.15) is 12.0 Å². The topological polar surface area (TPSA) is 68.3 Å². The molecular weight excluding hydrogens is 314 g/mol. The van der Waals surface area contributed by atoms with Crippen molar-refractivity contribution in [2.24, 2.45) is 0 Å². The van der Waals surface area contributed by atoms with E-state index in [1.165, 1.54) is 5.56 Å². The van der Waals surface area contributed by atoms with Gasteiger partial charge < -0.3 is 15.0 Å². The van der Waals surface area contributed by atoms with Gasteiger partial charge in [0.25, 0.3) is 0 Å². The third-order valence-electron chi connectivity index (χ3n) is 4.93. The van der Waals surface area contributed by atoms with Gasteiger partial charge in [-0.2, -0.15) is 0 Å². The highest BCUT2D eigenvalue weighted by Gasteiger charge is 2.28. The Morgan fingerprint density at radius 3 is 2.84 bits per heavy atom. The molecule has 0 aliphatic carbocycles. The SMILES string of the molecule is OCC[C@@H]1CN(c2ncnc3[nH]ccc23)CCN1Cc1ccccc1. The Hall–Kier alpha value is -2.44. The molecule has 6 heteroatoms. The van der Waals surface area contributed by atoms with Crippen LogP contribution >= 0.6 is 0 Å². The molecule has 1 aliphatic heterocycles. The number of H-pyrrole nitrogens is 1. The number of aromatic nitrogens is 3. The van der Waals surface area contributed by atoms with Crippen molar-refractivity contribution in [2.75, 3.05) is 31.1 Å². The number of aliphatic hydroxyl groups excluding tert-OH is 1. The third kappa shape index (κ3) is 3.36. The van der Waals surface area contributed by atoms with Crippen LogP contribution in [0.15, 0.2) is 48.9 Å². The summed E-state index contributed by atoms with van der Waals surface area (Å²) in [4.78, 5) is 16.7. The molecule has 130 valence electrons. The number of hydrogen-bond acceptors (Lipinski definition) is 5. The molecule has 3 aromatic rings. The number of nitrogens with zero attached hydrogens (tertiary/aromatic N) is 4. The van der Waals surface area contributed by atoms with E-state index in [9.17, 15) is 5.11 Å². The molecule has 2 N–H and O–H groups in total.